The molecule has 1 amide bonds. The molecule has 0 spiro atoms. The van der Waals surface area contributed by atoms with Gasteiger partial charge in [-0.15, -0.1) is 0 Å². The van der Waals surface area contributed by atoms with Crippen LogP contribution in [-0.2, 0) is 4.79 Å². The molecule has 2 aromatic carbocycles. The zero-order chi connectivity index (χ0) is 14.8. The highest BCUT2D eigenvalue weighted by atomic mass is 16.5. The molecule has 3 rings (SSSR count). The van der Waals surface area contributed by atoms with Gasteiger partial charge in [-0.2, -0.15) is 0 Å². The van der Waals surface area contributed by atoms with Gasteiger partial charge in [0.25, 0.3) is 0 Å². The maximum Gasteiger partial charge on any atom is 0.221 e. The van der Waals surface area contributed by atoms with Crippen LogP contribution in [0.1, 0.15) is 35.4 Å². The van der Waals surface area contributed by atoms with Gasteiger partial charge in [0.05, 0.1) is 17.7 Å². The summed E-state index contributed by atoms with van der Waals surface area (Å²) >= 11 is 0. The molecule has 0 radical (unpaired) electrons. The molecule has 0 aliphatic carbocycles. The highest BCUT2D eigenvalue weighted by Crippen LogP contribution is 2.39. The van der Waals surface area contributed by atoms with Gasteiger partial charge >= 0.3 is 0 Å². The monoisotopic (exact) mass is 281 g/mol. The van der Waals surface area contributed by atoms with E-state index in [1.807, 2.05) is 30.3 Å². The lowest BCUT2D eigenvalue weighted by molar-refractivity contribution is -0.114. The molecule has 21 heavy (non-hydrogen) atoms. The van der Waals surface area contributed by atoms with Crippen molar-refractivity contribution in [2.45, 2.75) is 19.4 Å². The van der Waals surface area contributed by atoms with Crippen molar-refractivity contribution in [3.8, 4) is 5.75 Å². The Balaban J connectivity index is 2.00. The summed E-state index contributed by atoms with van der Waals surface area (Å²) in [6.07, 6.45) is -0.0123. The zero-order valence-corrected chi connectivity index (χ0v) is 11.6. The van der Waals surface area contributed by atoms with Crippen molar-refractivity contribution < 1.29 is 14.3 Å². The molecule has 4 nitrogen and oxygen atoms in total. The van der Waals surface area contributed by atoms with Crippen molar-refractivity contribution in [2.75, 3.05) is 5.32 Å². The molecule has 2 aromatic rings. The van der Waals surface area contributed by atoms with Crippen molar-refractivity contribution in [3.05, 3.63) is 59.7 Å². The molecule has 1 aliphatic rings. The first-order chi connectivity index (χ1) is 10.1. The van der Waals surface area contributed by atoms with E-state index in [2.05, 4.69) is 5.32 Å². The number of nitrogens with one attached hydrogen (secondary N) is 1. The second kappa shape index (κ2) is 5.40. The molecule has 1 aliphatic heterocycles. The Kier molecular flexibility index (Phi) is 3.44. The van der Waals surface area contributed by atoms with Gasteiger partial charge in [-0.05, 0) is 17.7 Å². The fraction of sp³-hybridized carbons (Fsp3) is 0.176. The van der Waals surface area contributed by atoms with Crippen LogP contribution in [-0.4, -0.2) is 11.7 Å². The summed E-state index contributed by atoms with van der Waals surface area (Å²) < 4.78 is 5.98. The maximum atomic E-state index is 12.3. The van der Waals surface area contributed by atoms with E-state index in [1.54, 1.807) is 18.2 Å². The molecule has 1 atom stereocenters. The van der Waals surface area contributed by atoms with Crippen LogP contribution < -0.4 is 10.1 Å². The summed E-state index contributed by atoms with van der Waals surface area (Å²) in [6, 6.07) is 14.8. The molecule has 1 heterocycles. The highest BCUT2D eigenvalue weighted by molar-refractivity contribution is 6.03. The van der Waals surface area contributed by atoms with Gasteiger partial charge in [0.1, 0.15) is 6.10 Å². The number of para-hydroxylation sites is 1. The number of anilines is 1. The van der Waals surface area contributed by atoms with Crippen molar-refractivity contribution in [2.24, 2.45) is 0 Å². The molecular formula is C17H15NO3. The molecule has 1 N–H and O–H groups in total. The Morgan fingerprint density at radius 2 is 1.90 bits per heavy atom. The highest BCUT2D eigenvalue weighted by Gasteiger charge is 2.29. The summed E-state index contributed by atoms with van der Waals surface area (Å²) in [5.41, 5.74) is 2.01. The molecule has 0 unspecified atom stereocenters. The van der Waals surface area contributed by atoms with Crippen molar-refractivity contribution in [1.82, 2.24) is 0 Å². The second-order valence-corrected chi connectivity index (χ2v) is 5.01. The summed E-state index contributed by atoms with van der Waals surface area (Å²) in [7, 11) is 0. The predicted molar refractivity (Wildman–Crippen MR) is 79.5 cm³/mol. The normalized spacial score (nSPS) is 16.8. The fourth-order valence-corrected chi connectivity index (χ4v) is 2.49. The number of rotatable bonds is 2. The van der Waals surface area contributed by atoms with E-state index >= 15 is 0 Å². The number of amides is 1. The van der Waals surface area contributed by atoms with Crippen LogP contribution >= 0.6 is 0 Å². The van der Waals surface area contributed by atoms with Crippen LogP contribution in [0.5, 0.6) is 5.75 Å². The van der Waals surface area contributed by atoms with E-state index in [0.29, 0.717) is 23.4 Å². The second-order valence-electron chi connectivity index (χ2n) is 5.01. The van der Waals surface area contributed by atoms with Crippen LogP contribution in [0.3, 0.4) is 0 Å². The predicted octanol–water partition coefficient (Wildman–Crippen LogP) is 3.35. The fourth-order valence-electron chi connectivity index (χ4n) is 2.49. The first-order valence-corrected chi connectivity index (χ1v) is 6.80. The lowest BCUT2D eigenvalue weighted by Crippen LogP contribution is -2.22. The third-order valence-corrected chi connectivity index (χ3v) is 3.43. The van der Waals surface area contributed by atoms with E-state index in [-0.39, 0.29) is 17.8 Å². The molecule has 0 saturated heterocycles. The van der Waals surface area contributed by atoms with E-state index in [1.165, 1.54) is 6.92 Å². The number of fused-ring (bicyclic) bond motifs is 1. The van der Waals surface area contributed by atoms with E-state index in [4.69, 9.17) is 4.74 Å². The van der Waals surface area contributed by atoms with Gasteiger partial charge in [0.2, 0.25) is 5.91 Å². The largest absolute Gasteiger partial charge is 0.482 e. The molecule has 106 valence electrons. The number of carbonyl (C=O) groups excluding carboxylic acids is 2. The van der Waals surface area contributed by atoms with E-state index in [0.717, 1.165) is 5.56 Å². The van der Waals surface area contributed by atoms with Crippen LogP contribution in [0, 0.1) is 0 Å². The average Bonchev–Trinajstić information content (AvgIpc) is 2.48. The molecular weight excluding hydrogens is 266 g/mol. The average molecular weight is 281 g/mol. The first-order valence-electron chi connectivity index (χ1n) is 6.80. The number of ketones is 1. The maximum absolute atomic E-state index is 12.3. The third kappa shape index (κ3) is 2.65. The van der Waals surface area contributed by atoms with Crippen molar-refractivity contribution in [3.63, 3.8) is 0 Å². The Morgan fingerprint density at radius 3 is 2.62 bits per heavy atom. The van der Waals surface area contributed by atoms with Gasteiger partial charge in [-0.1, -0.05) is 36.4 Å². The SMILES string of the molecule is CC(=O)Nc1cccc2c1O[C@@H](c1ccccc1)CC2=O. The number of hydrogen-bond acceptors (Lipinski definition) is 3. The van der Waals surface area contributed by atoms with Crippen LogP contribution in [0.15, 0.2) is 48.5 Å². The molecule has 0 fully saturated rings. The topological polar surface area (TPSA) is 55.4 Å². The van der Waals surface area contributed by atoms with Gasteiger partial charge in [-0.3, -0.25) is 9.59 Å². The standard InChI is InChI=1S/C17H15NO3/c1-11(19)18-14-9-5-8-13-15(20)10-16(21-17(13)14)12-6-3-2-4-7-12/h2-9,16H,10H2,1H3,(H,18,19)/t16-/m1/s1. The minimum Gasteiger partial charge on any atom is -0.482 e. The Morgan fingerprint density at radius 1 is 1.14 bits per heavy atom. The Hall–Kier alpha value is -2.62. The van der Waals surface area contributed by atoms with Gasteiger partial charge < -0.3 is 10.1 Å². The molecule has 0 bridgehead atoms. The van der Waals surface area contributed by atoms with Crippen LogP contribution in [0.25, 0.3) is 0 Å². The minimum absolute atomic E-state index is 0.0253. The van der Waals surface area contributed by atoms with Crippen molar-refractivity contribution >= 4 is 17.4 Å². The summed E-state index contributed by atoms with van der Waals surface area (Å²) in [4.78, 5) is 23.6. The van der Waals surface area contributed by atoms with E-state index in [9.17, 15) is 9.59 Å². The van der Waals surface area contributed by atoms with Gasteiger partial charge in [0.15, 0.2) is 11.5 Å². The molecule has 4 heteroatoms. The molecule has 0 aromatic heterocycles. The molecule has 0 saturated carbocycles. The first kappa shape index (κ1) is 13.4. The number of carbonyl (C=O) groups is 2. The quantitative estimate of drug-likeness (QED) is 0.918. The summed E-state index contributed by atoms with van der Waals surface area (Å²) in [5, 5.41) is 2.71. The minimum atomic E-state index is -0.318. The van der Waals surface area contributed by atoms with Crippen LogP contribution in [0.2, 0.25) is 0 Å². The van der Waals surface area contributed by atoms with Gasteiger partial charge in [0, 0.05) is 6.92 Å². The Labute approximate surface area is 122 Å². The summed E-state index contributed by atoms with van der Waals surface area (Å²) in [5.74, 6) is 0.288. The number of Topliss-reactive ketones (excluding diaryl/α,β-unsaturated/α-hetero) is 1. The number of ether oxygens (including phenoxy) is 1. The lowest BCUT2D eigenvalue weighted by atomic mass is 9.96. The van der Waals surface area contributed by atoms with Gasteiger partial charge in [-0.25, -0.2) is 0 Å². The number of hydrogen-bond donors (Lipinski definition) is 1. The smallest absolute Gasteiger partial charge is 0.221 e. The lowest BCUT2D eigenvalue weighted by Gasteiger charge is -2.27. The Bertz CT molecular complexity index is 694. The third-order valence-electron chi connectivity index (χ3n) is 3.43. The number of benzene rings is 2. The van der Waals surface area contributed by atoms with Crippen LogP contribution in [0.4, 0.5) is 5.69 Å². The summed E-state index contributed by atoms with van der Waals surface area (Å²) in [6.45, 7) is 1.43. The zero-order valence-electron chi connectivity index (χ0n) is 11.6. The van der Waals surface area contributed by atoms with E-state index < -0.39 is 0 Å². The van der Waals surface area contributed by atoms with Crippen molar-refractivity contribution in [1.29, 1.82) is 0 Å².